The van der Waals surface area contributed by atoms with Gasteiger partial charge in [-0.3, -0.25) is 0 Å². The van der Waals surface area contributed by atoms with Crippen molar-refractivity contribution in [3.05, 3.63) is 41.4 Å². The summed E-state index contributed by atoms with van der Waals surface area (Å²) in [5, 5.41) is 23.0. The van der Waals surface area contributed by atoms with Crippen molar-refractivity contribution >= 4 is 5.84 Å². The summed E-state index contributed by atoms with van der Waals surface area (Å²) in [6.07, 6.45) is -1.51. The van der Waals surface area contributed by atoms with Crippen molar-refractivity contribution in [1.29, 1.82) is 0 Å². The van der Waals surface area contributed by atoms with Crippen molar-refractivity contribution in [2.45, 2.75) is 19.1 Å². The zero-order chi connectivity index (χ0) is 11.7. The van der Waals surface area contributed by atoms with Gasteiger partial charge in [-0.2, -0.15) is 0 Å². The molecule has 2 rings (SSSR count). The number of aliphatic hydroxyl groups is 2. The largest absolute Gasteiger partial charge is 0.404 e. The Bertz CT molecular complexity index is 388. The molecule has 0 saturated heterocycles. The van der Waals surface area contributed by atoms with Crippen molar-refractivity contribution in [3.8, 4) is 0 Å². The maximum Gasteiger partial charge on any atom is 0.0983 e. The van der Waals surface area contributed by atoms with E-state index in [2.05, 4.69) is 10.3 Å². The fraction of sp³-hybridized carbons (Fsp3) is 0.333. The lowest BCUT2D eigenvalue weighted by Gasteiger charge is -2.21. The molecule has 4 N–H and O–H groups in total. The zero-order valence-corrected chi connectivity index (χ0v) is 9.36. The number of hydrogen-bond acceptors (Lipinski definition) is 2. The monoisotopic (exact) mass is 220 g/mol. The van der Waals surface area contributed by atoms with Gasteiger partial charge in [-0.15, -0.1) is 0 Å². The minimum Gasteiger partial charge on any atom is -0.404 e. The van der Waals surface area contributed by atoms with Crippen LogP contribution in [0.25, 0.3) is 0 Å². The summed E-state index contributed by atoms with van der Waals surface area (Å²) in [4.78, 5) is 3.00. The Labute approximate surface area is 94.6 Å². The first-order valence-corrected chi connectivity index (χ1v) is 5.25. The predicted octanol–water partition coefficient (Wildman–Crippen LogP) is -0.983. The lowest BCUT2D eigenvalue weighted by Crippen LogP contribution is -2.78. The third-order valence-corrected chi connectivity index (χ3v) is 2.88. The van der Waals surface area contributed by atoms with Gasteiger partial charge in [0, 0.05) is 0 Å². The van der Waals surface area contributed by atoms with Crippen molar-refractivity contribution in [3.63, 3.8) is 0 Å². The summed E-state index contributed by atoms with van der Waals surface area (Å²) < 4.78 is 0. The molecule has 2 unspecified atom stereocenters. The second kappa shape index (κ2) is 4.15. The summed E-state index contributed by atoms with van der Waals surface area (Å²) in [5.41, 5.74) is 1.53. The van der Waals surface area contributed by atoms with Gasteiger partial charge in [0.25, 0.3) is 0 Å². The third kappa shape index (κ3) is 1.66. The van der Waals surface area contributed by atoms with Crippen LogP contribution in [0, 0.1) is 6.04 Å². The average Bonchev–Trinajstić information content (AvgIpc) is 2.55. The maximum atomic E-state index is 10.1. The second-order valence-electron chi connectivity index (χ2n) is 3.89. The Hall–Kier alpha value is -1.52. The van der Waals surface area contributed by atoms with E-state index in [-0.39, 0.29) is 0 Å². The Morgan fingerprint density at radius 2 is 1.75 bits per heavy atom. The van der Waals surface area contributed by atoms with Crippen molar-refractivity contribution in [1.82, 2.24) is 5.32 Å². The van der Waals surface area contributed by atoms with Crippen LogP contribution in [0.4, 0.5) is 0 Å². The highest BCUT2D eigenvalue weighted by Crippen LogP contribution is 2.40. The number of hydrogen-bond donors (Lipinski definition) is 4. The van der Waals surface area contributed by atoms with Crippen molar-refractivity contribution in [2.24, 2.45) is 0 Å². The molecule has 1 aromatic rings. The summed E-state index contributed by atoms with van der Waals surface area (Å²) in [6.45, 7) is 1.84. The second-order valence-corrected chi connectivity index (χ2v) is 3.89. The van der Waals surface area contributed by atoms with Crippen LogP contribution in [-0.2, 0) is 0 Å². The van der Waals surface area contributed by atoms with Crippen molar-refractivity contribution in [2.75, 3.05) is 7.05 Å². The smallest absolute Gasteiger partial charge is 0.0983 e. The molecule has 4 heteroatoms. The van der Waals surface area contributed by atoms with E-state index in [1.807, 2.05) is 31.2 Å². The lowest BCUT2D eigenvalue weighted by molar-refractivity contribution is -0.470. The van der Waals surface area contributed by atoms with Crippen molar-refractivity contribution < 1.29 is 15.2 Å². The maximum absolute atomic E-state index is 10.1. The summed E-state index contributed by atoms with van der Waals surface area (Å²) >= 11 is 0. The van der Waals surface area contributed by atoms with Crippen LogP contribution in [0.2, 0.25) is 0 Å². The molecule has 0 saturated carbocycles. The molecule has 0 aliphatic heterocycles. The van der Waals surface area contributed by atoms with E-state index < -0.39 is 12.2 Å². The number of benzene rings is 1. The Balaban J connectivity index is 2.35. The normalized spacial score (nSPS) is 24.5. The SMILES string of the molecule is CNC(C)=[NH+][C-]1C(O)c2ccccc2C1O. The van der Waals surface area contributed by atoms with E-state index >= 15 is 0 Å². The summed E-state index contributed by atoms with van der Waals surface area (Å²) in [5.74, 6) is 0.793. The van der Waals surface area contributed by atoms with E-state index in [1.54, 1.807) is 7.05 Å². The molecule has 0 fully saturated rings. The zero-order valence-electron chi connectivity index (χ0n) is 9.36. The predicted molar refractivity (Wildman–Crippen MR) is 60.3 cm³/mol. The highest BCUT2D eigenvalue weighted by atomic mass is 16.3. The first-order valence-electron chi connectivity index (χ1n) is 5.25. The third-order valence-electron chi connectivity index (χ3n) is 2.88. The summed E-state index contributed by atoms with van der Waals surface area (Å²) in [6, 6.07) is 7.87. The molecule has 0 radical (unpaired) electrons. The van der Waals surface area contributed by atoms with Crippen LogP contribution >= 0.6 is 0 Å². The minimum absolute atomic E-state index is 0.507. The Morgan fingerprint density at radius 3 is 2.19 bits per heavy atom. The van der Waals surface area contributed by atoms with E-state index in [0.717, 1.165) is 17.0 Å². The van der Waals surface area contributed by atoms with E-state index in [0.29, 0.717) is 6.04 Å². The highest BCUT2D eigenvalue weighted by Gasteiger charge is 2.33. The number of aliphatic hydroxyl groups excluding tert-OH is 2. The van der Waals surface area contributed by atoms with Crippen LogP contribution in [-0.4, -0.2) is 23.1 Å². The van der Waals surface area contributed by atoms with Gasteiger partial charge >= 0.3 is 0 Å². The fourth-order valence-corrected chi connectivity index (χ4v) is 1.91. The molecule has 1 aliphatic rings. The van der Waals surface area contributed by atoms with E-state index in [1.165, 1.54) is 0 Å². The van der Waals surface area contributed by atoms with Gasteiger partial charge in [0.1, 0.15) is 0 Å². The topological polar surface area (TPSA) is 66.5 Å². The lowest BCUT2D eigenvalue weighted by atomic mass is 10.1. The average molecular weight is 220 g/mol. The standard InChI is InChI=1S/C12H16N2O2/c1-7(13-2)14-10-11(15)8-5-3-4-6-9(8)12(10)16/h3-6,11-16H,1-2H3. The van der Waals surface area contributed by atoms with Crippen LogP contribution in [0.15, 0.2) is 24.3 Å². The minimum atomic E-state index is -0.755. The number of rotatable bonds is 1. The molecule has 16 heavy (non-hydrogen) atoms. The van der Waals surface area contributed by atoms with Gasteiger partial charge in [0.05, 0.1) is 25.1 Å². The molecule has 0 bridgehead atoms. The van der Waals surface area contributed by atoms with E-state index in [4.69, 9.17) is 0 Å². The molecular formula is C12H16N2O2. The first kappa shape index (κ1) is 11.0. The molecule has 1 aromatic carbocycles. The molecule has 0 aromatic heterocycles. The van der Waals surface area contributed by atoms with Gasteiger partial charge in [-0.05, 0) is 24.1 Å². The molecule has 4 nitrogen and oxygen atoms in total. The Morgan fingerprint density at radius 1 is 1.25 bits per heavy atom. The van der Waals surface area contributed by atoms with Gasteiger partial charge in [-0.1, -0.05) is 24.3 Å². The number of fused-ring (bicyclic) bond motifs is 1. The van der Waals surface area contributed by atoms with Crippen LogP contribution in [0.3, 0.4) is 0 Å². The van der Waals surface area contributed by atoms with Crippen LogP contribution in [0.1, 0.15) is 30.3 Å². The highest BCUT2D eigenvalue weighted by molar-refractivity contribution is 5.73. The molecule has 86 valence electrons. The van der Waals surface area contributed by atoms with Gasteiger partial charge in [0.2, 0.25) is 0 Å². The molecule has 1 aliphatic carbocycles. The van der Waals surface area contributed by atoms with E-state index in [9.17, 15) is 10.2 Å². The fourth-order valence-electron chi connectivity index (χ4n) is 1.91. The molecular weight excluding hydrogens is 204 g/mol. The summed E-state index contributed by atoms with van der Waals surface area (Å²) in [7, 11) is 1.78. The first-order chi connectivity index (χ1) is 7.65. The number of amidine groups is 1. The Kier molecular flexibility index (Phi) is 2.85. The van der Waals surface area contributed by atoms with Gasteiger partial charge < -0.3 is 20.5 Å². The van der Waals surface area contributed by atoms with Gasteiger partial charge in [0.15, 0.2) is 0 Å². The van der Waals surface area contributed by atoms with Crippen LogP contribution in [0.5, 0.6) is 0 Å². The molecule has 0 spiro atoms. The van der Waals surface area contributed by atoms with Gasteiger partial charge in [-0.25, -0.2) is 0 Å². The molecule has 0 heterocycles. The van der Waals surface area contributed by atoms with Crippen LogP contribution < -0.4 is 10.3 Å². The molecule has 0 amide bonds. The quantitative estimate of drug-likeness (QED) is 0.279. The number of nitrogens with one attached hydrogen (secondary N) is 2. The molecule has 2 atom stereocenters.